The number of para-hydroxylation sites is 1. The van der Waals surface area contributed by atoms with E-state index in [-0.39, 0.29) is 6.61 Å². The van der Waals surface area contributed by atoms with E-state index in [4.69, 9.17) is 15.2 Å². The zero-order valence-corrected chi connectivity index (χ0v) is 11.7. The van der Waals surface area contributed by atoms with Crippen LogP contribution in [0.4, 0.5) is 5.69 Å². The molecule has 0 aliphatic carbocycles. The average Bonchev–Trinajstić information content (AvgIpc) is 2.96. The Morgan fingerprint density at radius 1 is 1.15 bits per heavy atom. The molecule has 5 heteroatoms. The largest absolute Gasteiger partial charge is 0.460 e. The topological polar surface area (TPSA) is 64.8 Å². The van der Waals surface area contributed by atoms with Gasteiger partial charge in [-0.25, -0.2) is 4.79 Å². The molecular weight excluding hydrogens is 256 g/mol. The highest BCUT2D eigenvalue weighted by atomic mass is 16.6. The minimum Gasteiger partial charge on any atom is -0.460 e. The molecule has 2 N–H and O–H groups in total. The summed E-state index contributed by atoms with van der Waals surface area (Å²) in [6.07, 6.45) is 2.58. The molecule has 1 aromatic rings. The third-order valence-corrected chi connectivity index (χ3v) is 3.39. The molecule has 1 aliphatic heterocycles. The lowest BCUT2D eigenvalue weighted by molar-refractivity contribution is 0.0292. The van der Waals surface area contributed by atoms with Crippen LogP contribution in [0.5, 0.6) is 0 Å². The van der Waals surface area contributed by atoms with Crippen LogP contribution in [0.3, 0.4) is 0 Å². The summed E-state index contributed by atoms with van der Waals surface area (Å²) in [6, 6.07) is 6.89. The molecule has 1 fully saturated rings. The fourth-order valence-electron chi connectivity index (χ4n) is 2.26. The number of likely N-dealkylation sites (tertiary alicyclic amines) is 1. The van der Waals surface area contributed by atoms with Crippen LogP contribution in [-0.2, 0) is 9.47 Å². The number of ether oxygens (including phenoxy) is 2. The van der Waals surface area contributed by atoms with Gasteiger partial charge in [-0.15, -0.1) is 0 Å². The van der Waals surface area contributed by atoms with Crippen molar-refractivity contribution in [1.29, 1.82) is 0 Å². The number of rotatable bonds is 7. The van der Waals surface area contributed by atoms with Crippen LogP contribution in [-0.4, -0.2) is 50.3 Å². The molecule has 0 amide bonds. The van der Waals surface area contributed by atoms with E-state index in [9.17, 15) is 4.79 Å². The Morgan fingerprint density at radius 2 is 1.90 bits per heavy atom. The molecule has 1 aromatic carbocycles. The van der Waals surface area contributed by atoms with Crippen LogP contribution in [0.2, 0.25) is 0 Å². The van der Waals surface area contributed by atoms with Crippen molar-refractivity contribution in [3.63, 3.8) is 0 Å². The van der Waals surface area contributed by atoms with Gasteiger partial charge in [-0.1, -0.05) is 12.1 Å². The number of carbonyl (C=O) groups is 1. The fraction of sp³-hybridized carbons (Fsp3) is 0.533. The summed E-state index contributed by atoms with van der Waals surface area (Å²) in [5.74, 6) is -0.397. The molecule has 0 unspecified atom stereocenters. The Balaban J connectivity index is 1.56. The highest BCUT2D eigenvalue weighted by molar-refractivity contribution is 5.94. The maximum absolute atomic E-state index is 11.7. The van der Waals surface area contributed by atoms with Gasteiger partial charge in [-0.2, -0.15) is 0 Å². The van der Waals surface area contributed by atoms with Crippen LogP contribution >= 0.6 is 0 Å². The summed E-state index contributed by atoms with van der Waals surface area (Å²) in [7, 11) is 0. The summed E-state index contributed by atoms with van der Waals surface area (Å²) in [5.41, 5.74) is 6.55. The Morgan fingerprint density at radius 3 is 2.65 bits per heavy atom. The fourth-order valence-corrected chi connectivity index (χ4v) is 2.26. The molecule has 0 atom stereocenters. The van der Waals surface area contributed by atoms with Crippen molar-refractivity contribution in [2.75, 3.05) is 45.2 Å². The van der Waals surface area contributed by atoms with E-state index < -0.39 is 5.97 Å². The first kappa shape index (κ1) is 14.8. The number of anilines is 1. The SMILES string of the molecule is Nc1ccccc1C(=O)OCCOCCN1CCCC1. The smallest absolute Gasteiger partial charge is 0.340 e. The third-order valence-electron chi connectivity index (χ3n) is 3.39. The molecule has 1 aliphatic rings. The van der Waals surface area contributed by atoms with Gasteiger partial charge in [0.05, 0.1) is 18.8 Å². The zero-order chi connectivity index (χ0) is 14.2. The Kier molecular flexibility index (Phi) is 5.83. The molecule has 5 nitrogen and oxygen atoms in total. The van der Waals surface area contributed by atoms with Gasteiger partial charge in [0.1, 0.15) is 6.61 Å². The number of benzene rings is 1. The van der Waals surface area contributed by atoms with Gasteiger partial charge in [0, 0.05) is 12.2 Å². The first-order valence-corrected chi connectivity index (χ1v) is 7.09. The van der Waals surface area contributed by atoms with E-state index >= 15 is 0 Å². The Hall–Kier alpha value is -1.59. The zero-order valence-electron chi connectivity index (χ0n) is 11.7. The van der Waals surface area contributed by atoms with Gasteiger partial charge in [0.25, 0.3) is 0 Å². The quantitative estimate of drug-likeness (QED) is 0.465. The van der Waals surface area contributed by atoms with Crippen molar-refractivity contribution in [1.82, 2.24) is 4.90 Å². The minimum atomic E-state index is -0.397. The molecule has 1 heterocycles. The molecule has 1 saturated heterocycles. The molecule has 0 saturated carbocycles. The number of nitrogen functional groups attached to an aromatic ring is 1. The molecular formula is C15H22N2O3. The summed E-state index contributed by atoms with van der Waals surface area (Å²) in [5, 5.41) is 0. The molecule has 0 bridgehead atoms. The van der Waals surface area contributed by atoms with Crippen molar-refractivity contribution < 1.29 is 14.3 Å². The van der Waals surface area contributed by atoms with Crippen molar-refractivity contribution in [3.8, 4) is 0 Å². The van der Waals surface area contributed by atoms with Crippen LogP contribution in [0.25, 0.3) is 0 Å². The predicted molar refractivity (Wildman–Crippen MR) is 77.6 cm³/mol. The van der Waals surface area contributed by atoms with Gasteiger partial charge < -0.3 is 20.1 Å². The maximum Gasteiger partial charge on any atom is 0.340 e. The lowest BCUT2D eigenvalue weighted by atomic mass is 10.2. The number of carbonyl (C=O) groups excluding carboxylic acids is 1. The van der Waals surface area contributed by atoms with Crippen molar-refractivity contribution in [2.45, 2.75) is 12.8 Å². The summed E-state index contributed by atoms with van der Waals surface area (Å²) < 4.78 is 10.6. The Bertz CT molecular complexity index is 431. The predicted octanol–water partition coefficient (Wildman–Crippen LogP) is 1.54. The van der Waals surface area contributed by atoms with Crippen LogP contribution in [0, 0.1) is 0 Å². The van der Waals surface area contributed by atoms with Gasteiger partial charge in [-0.05, 0) is 38.1 Å². The molecule has 0 radical (unpaired) electrons. The molecule has 20 heavy (non-hydrogen) atoms. The number of nitrogens with zero attached hydrogens (tertiary/aromatic N) is 1. The minimum absolute atomic E-state index is 0.257. The van der Waals surface area contributed by atoms with Crippen molar-refractivity contribution in [3.05, 3.63) is 29.8 Å². The number of hydrogen-bond donors (Lipinski definition) is 1. The highest BCUT2D eigenvalue weighted by Gasteiger charge is 2.11. The highest BCUT2D eigenvalue weighted by Crippen LogP contribution is 2.11. The van der Waals surface area contributed by atoms with Gasteiger partial charge in [0.2, 0.25) is 0 Å². The second-order valence-corrected chi connectivity index (χ2v) is 4.88. The van der Waals surface area contributed by atoms with Gasteiger partial charge in [-0.3, -0.25) is 0 Å². The second-order valence-electron chi connectivity index (χ2n) is 4.88. The lowest BCUT2D eigenvalue weighted by Crippen LogP contribution is -2.24. The first-order valence-electron chi connectivity index (χ1n) is 7.09. The van der Waals surface area contributed by atoms with Crippen molar-refractivity contribution in [2.24, 2.45) is 0 Å². The number of esters is 1. The molecule has 2 rings (SSSR count). The van der Waals surface area contributed by atoms with Crippen LogP contribution in [0.1, 0.15) is 23.2 Å². The molecule has 110 valence electrons. The van der Waals surface area contributed by atoms with Crippen LogP contribution in [0.15, 0.2) is 24.3 Å². The van der Waals surface area contributed by atoms with E-state index in [1.54, 1.807) is 24.3 Å². The van der Waals surface area contributed by atoms with E-state index in [0.29, 0.717) is 24.5 Å². The van der Waals surface area contributed by atoms with E-state index in [0.717, 1.165) is 6.54 Å². The number of nitrogens with two attached hydrogens (primary N) is 1. The Labute approximate surface area is 119 Å². The first-order chi connectivity index (χ1) is 9.77. The molecule has 0 spiro atoms. The number of hydrogen-bond acceptors (Lipinski definition) is 5. The monoisotopic (exact) mass is 278 g/mol. The maximum atomic E-state index is 11.7. The van der Waals surface area contributed by atoms with E-state index in [2.05, 4.69) is 4.90 Å². The van der Waals surface area contributed by atoms with Gasteiger partial charge in [0.15, 0.2) is 0 Å². The van der Waals surface area contributed by atoms with Gasteiger partial charge >= 0.3 is 5.97 Å². The lowest BCUT2D eigenvalue weighted by Gasteiger charge is -2.14. The third kappa shape index (κ3) is 4.51. The second kappa shape index (κ2) is 7.87. The van der Waals surface area contributed by atoms with Crippen molar-refractivity contribution >= 4 is 11.7 Å². The van der Waals surface area contributed by atoms with Crippen LogP contribution < -0.4 is 5.73 Å². The normalized spacial score (nSPS) is 15.4. The standard InChI is InChI=1S/C15H22N2O3/c16-14-6-2-1-5-13(14)15(18)20-12-11-19-10-9-17-7-3-4-8-17/h1-2,5-6H,3-4,7-12,16H2. The summed E-state index contributed by atoms with van der Waals surface area (Å²) in [4.78, 5) is 14.1. The summed E-state index contributed by atoms with van der Waals surface area (Å²) in [6.45, 7) is 4.67. The van der Waals surface area contributed by atoms with E-state index in [1.165, 1.54) is 25.9 Å². The summed E-state index contributed by atoms with van der Waals surface area (Å²) >= 11 is 0. The average molecular weight is 278 g/mol. The van der Waals surface area contributed by atoms with E-state index in [1.807, 2.05) is 0 Å². The molecule has 0 aromatic heterocycles.